The number of carboxylic acids is 1. The molecule has 0 radical (unpaired) electrons. The van der Waals surface area contributed by atoms with Gasteiger partial charge in [-0.15, -0.1) is 23.5 Å². The standard InChI is InChI=1S/C49H54N2O10S2/c1-7-55-44(48(52)53)29-57-38-17-21-40(22-18-38)62-27-25-42-32(5)60-46(50-42)36-13-9-34(10-14-36)35-11-15-37(16-12-35)47-51-43(33(6)61-47)26-28-63-41-23-19-39(20-24-41)58-30-45(56-8-2)49(54)59-31(3)4/h9-24,31,44-45H,7-8,25-30H2,1-6H3,(H,52,53). The van der Waals surface area contributed by atoms with Gasteiger partial charge in [0.25, 0.3) is 0 Å². The molecule has 14 heteroatoms. The van der Waals surface area contributed by atoms with E-state index in [9.17, 15) is 14.7 Å². The summed E-state index contributed by atoms with van der Waals surface area (Å²) in [5.74, 6) is 4.22. The van der Waals surface area contributed by atoms with E-state index in [-0.39, 0.29) is 19.3 Å². The van der Waals surface area contributed by atoms with Crippen LogP contribution in [0.3, 0.4) is 0 Å². The van der Waals surface area contributed by atoms with E-state index < -0.39 is 24.1 Å². The fourth-order valence-electron chi connectivity index (χ4n) is 6.40. The van der Waals surface area contributed by atoms with Crippen LogP contribution in [0.5, 0.6) is 11.5 Å². The number of aromatic nitrogens is 2. The summed E-state index contributed by atoms with van der Waals surface area (Å²) in [6.45, 7) is 11.8. The van der Waals surface area contributed by atoms with E-state index in [0.717, 1.165) is 79.3 Å². The number of aryl methyl sites for hydroxylation is 4. The van der Waals surface area contributed by atoms with Gasteiger partial charge in [0.2, 0.25) is 11.8 Å². The van der Waals surface area contributed by atoms with Crippen LogP contribution in [-0.4, -0.2) is 83.3 Å². The zero-order chi connectivity index (χ0) is 44.7. The van der Waals surface area contributed by atoms with Gasteiger partial charge in [0.15, 0.2) is 12.2 Å². The quantitative estimate of drug-likeness (QED) is 0.0453. The number of carbonyl (C=O) groups excluding carboxylic acids is 1. The molecule has 0 bridgehead atoms. The average molecular weight is 895 g/mol. The summed E-state index contributed by atoms with van der Waals surface area (Å²) < 4.78 is 39.6. The van der Waals surface area contributed by atoms with Crippen LogP contribution < -0.4 is 9.47 Å². The molecule has 1 N–H and O–H groups in total. The molecule has 2 unspecified atom stereocenters. The van der Waals surface area contributed by atoms with Crippen molar-refractivity contribution in [2.24, 2.45) is 0 Å². The summed E-state index contributed by atoms with van der Waals surface area (Å²) in [6.07, 6.45) is -0.498. The molecule has 0 aliphatic heterocycles. The van der Waals surface area contributed by atoms with E-state index in [1.165, 1.54) is 0 Å². The van der Waals surface area contributed by atoms with E-state index in [4.69, 9.17) is 42.5 Å². The summed E-state index contributed by atoms with van der Waals surface area (Å²) in [7, 11) is 0. The highest BCUT2D eigenvalue weighted by molar-refractivity contribution is 7.99. The lowest BCUT2D eigenvalue weighted by atomic mass is 10.0. The monoisotopic (exact) mass is 894 g/mol. The second-order valence-corrected chi connectivity index (χ2v) is 17.0. The number of oxazole rings is 2. The Morgan fingerprint density at radius 3 is 1.40 bits per heavy atom. The third-order valence-electron chi connectivity index (χ3n) is 9.67. The number of hydrogen-bond acceptors (Lipinski definition) is 13. The van der Waals surface area contributed by atoms with Crippen molar-refractivity contribution in [3.63, 3.8) is 0 Å². The summed E-state index contributed by atoms with van der Waals surface area (Å²) >= 11 is 3.43. The molecule has 0 saturated carbocycles. The number of aliphatic carboxylic acids is 1. The van der Waals surface area contributed by atoms with E-state index >= 15 is 0 Å². The smallest absolute Gasteiger partial charge is 0.339 e. The number of hydrogen-bond donors (Lipinski definition) is 1. The zero-order valence-corrected chi connectivity index (χ0v) is 38.1. The van der Waals surface area contributed by atoms with Crippen molar-refractivity contribution in [2.75, 3.05) is 37.9 Å². The first-order valence-corrected chi connectivity index (χ1v) is 23.0. The molecular formula is C49H54N2O10S2. The normalized spacial score (nSPS) is 12.3. The Bertz CT molecular complexity index is 2360. The number of carboxylic acid groups (broad SMARTS) is 1. The average Bonchev–Trinajstić information content (AvgIpc) is 3.85. The summed E-state index contributed by atoms with van der Waals surface area (Å²) in [5, 5.41) is 9.24. The van der Waals surface area contributed by atoms with Gasteiger partial charge in [-0.2, -0.15) is 0 Å². The highest BCUT2D eigenvalue weighted by Gasteiger charge is 2.23. The molecule has 6 rings (SSSR count). The molecule has 2 atom stereocenters. The summed E-state index contributed by atoms with van der Waals surface area (Å²) in [5.41, 5.74) is 5.81. The minimum Gasteiger partial charge on any atom is -0.490 e. The van der Waals surface area contributed by atoms with Crippen LogP contribution >= 0.6 is 23.5 Å². The largest absolute Gasteiger partial charge is 0.490 e. The molecule has 63 heavy (non-hydrogen) atoms. The Kier molecular flexibility index (Phi) is 17.3. The number of esters is 1. The van der Waals surface area contributed by atoms with Gasteiger partial charge in [0, 0.05) is 58.5 Å². The lowest BCUT2D eigenvalue weighted by molar-refractivity contribution is -0.162. The summed E-state index contributed by atoms with van der Waals surface area (Å²) in [6, 6.07) is 31.8. The second-order valence-electron chi connectivity index (χ2n) is 14.7. The van der Waals surface area contributed by atoms with Gasteiger partial charge in [-0.1, -0.05) is 24.3 Å². The first-order valence-electron chi connectivity index (χ1n) is 21.0. The van der Waals surface area contributed by atoms with Crippen LogP contribution in [0.15, 0.2) is 116 Å². The molecule has 4 aromatic carbocycles. The Morgan fingerprint density at radius 1 is 0.603 bits per heavy atom. The first-order chi connectivity index (χ1) is 30.5. The number of rotatable bonds is 24. The Hall–Kier alpha value is -5.54. The molecular weight excluding hydrogens is 841 g/mol. The van der Waals surface area contributed by atoms with Gasteiger partial charge in [0.1, 0.15) is 36.2 Å². The van der Waals surface area contributed by atoms with Gasteiger partial charge in [-0.25, -0.2) is 19.6 Å². The van der Waals surface area contributed by atoms with Crippen LogP contribution in [0, 0.1) is 13.8 Å². The van der Waals surface area contributed by atoms with Crippen LogP contribution in [0.25, 0.3) is 34.0 Å². The van der Waals surface area contributed by atoms with Crippen LogP contribution in [0.2, 0.25) is 0 Å². The molecule has 0 spiro atoms. The van der Waals surface area contributed by atoms with Crippen molar-refractivity contribution >= 4 is 35.5 Å². The molecule has 2 heterocycles. The van der Waals surface area contributed by atoms with Crippen LogP contribution in [-0.2, 0) is 36.6 Å². The minimum atomic E-state index is -1.04. The SMILES string of the molecule is CCOC(COc1ccc(SCCc2nc(-c3ccc(-c4ccc(-c5nc(CCSc6ccc(OCC(OCC)C(=O)OC(C)C)cc6)c(C)o5)cc4)cc3)oc2C)cc1)C(=O)O. The number of nitrogens with zero attached hydrogens (tertiary/aromatic N) is 2. The van der Waals surface area contributed by atoms with Crippen molar-refractivity contribution in [3.05, 3.63) is 120 Å². The molecule has 12 nitrogen and oxygen atoms in total. The van der Waals surface area contributed by atoms with E-state index in [1.54, 1.807) is 44.3 Å². The highest BCUT2D eigenvalue weighted by atomic mass is 32.2. The number of thioether (sulfide) groups is 2. The third kappa shape index (κ3) is 13.7. The minimum absolute atomic E-state index is 0.0519. The number of carbonyl (C=O) groups is 2. The molecule has 2 aromatic heterocycles. The third-order valence-corrected chi connectivity index (χ3v) is 11.7. The molecule has 332 valence electrons. The van der Waals surface area contributed by atoms with Crippen molar-refractivity contribution in [2.45, 2.75) is 82.5 Å². The van der Waals surface area contributed by atoms with E-state index in [1.807, 2.05) is 93.6 Å². The lowest BCUT2D eigenvalue weighted by Crippen LogP contribution is -2.34. The predicted molar refractivity (Wildman–Crippen MR) is 245 cm³/mol. The topological polar surface area (TPSA) is 153 Å². The molecule has 6 aromatic rings. The molecule has 0 saturated heterocycles. The van der Waals surface area contributed by atoms with Crippen LogP contribution in [0.1, 0.15) is 50.6 Å². The van der Waals surface area contributed by atoms with Crippen molar-refractivity contribution in [3.8, 4) is 45.5 Å². The van der Waals surface area contributed by atoms with E-state index in [0.29, 0.717) is 36.5 Å². The Labute approximate surface area is 377 Å². The maximum Gasteiger partial charge on any atom is 0.339 e. The maximum atomic E-state index is 12.3. The van der Waals surface area contributed by atoms with Crippen molar-refractivity contribution in [1.29, 1.82) is 0 Å². The fraction of sp³-hybridized carbons (Fsp3) is 0.347. The maximum absolute atomic E-state index is 12.3. The van der Waals surface area contributed by atoms with Crippen LogP contribution in [0.4, 0.5) is 0 Å². The lowest BCUT2D eigenvalue weighted by Gasteiger charge is -2.18. The zero-order valence-electron chi connectivity index (χ0n) is 36.5. The number of benzene rings is 4. The second kappa shape index (κ2) is 23.2. The molecule has 0 aliphatic rings. The van der Waals surface area contributed by atoms with Crippen molar-refractivity contribution in [1.82, 2.24) is 9.97 Å². The molecule has 0 aliphatic carbocycles. The predicted octanol–water partition coefficient (Wildman–Crippen LogP) is 10.6. The fourth-order valence-corrected chi connectivity index (χ4v) is 8.12. The molecule has 0 amide bonds. The van der Waals surface area contributed by atoms with Gasteiger partial charge in [-0.05, 0) is 125 Å². The van der Waals surface area contributed by atoms with Gasteiger partial charge < -0.3 is 37.6 Å². The summed E-state index contributed by atoms with van der Waals surface area (Å²) in [4.78, 5) is 35.4. The number of ether oxygens (including phenoxy) is 5. The van der Waals surface area contributed by atoms with Crippen molar-refractivity contribution < 1.29 is 47.2 Å². The van der Waals surface area contributed by atoms with E-state index in [2.05, 4.69) is 24.3 Å². The van der Waals surface area contributed by atoms with Gasteiger partial charge in [-0.3, -0.25) is 0 Å². The first kappa shape index (κ1) is 47.0. The highest BCUT2D eigenvalue weighted by Crippen LogP contribution is 2.31. The van der Waals surface area contributed by atoms with Gasteiger partial charge >= 0.3 is 11.9 Å². The molecule has 0 fully saturated rings. The van der Waals surface area contributed by atoms with Gasteiger partial charge in [0.05, 0.1) is 17.5 Å². The Morgan fingerprint density at radius 2 is 1.00 bits per heavy atom. The Balaban J connectivity index is 0.953.